The molecule has 0 aromatic heterocycles. The van der Waals surface area contributed by atoms with E-state index in [1.807, 2.05) is 6.92 Å². The van der Waals surface area contributed by atoms with Crippen LogP contribution < -0.4 is 5.32 Å². The van der Waals surface area contributed by atoms with Gasteiger partial charge in [-0.05, 0) is 45.1 Å². The zero-order valence-electron chi connectivity index (χ0n) is 12.0. The lowest BCUT2D eigenvalue weighted by molar-refractivity contribution is 0.0947. The SMILES string of the molecule is CCN(CC)CCCNC(=O)c1cc(C)ccc1F. The fourth-order valence-corrected chi connectivity index (χ4v) is 1.95. The smallest absolute Gasteiger partial charge is 0.254 e. The van der Waals surface area contributed by atoms with Crippen LogP contribution in [0.1, 0.15) is 36.2 Å². The molecule has 0 atom stereocenters. The maximum absolute atomic E-state index is 13.5. The average molecular weight is 266 g/mol. The Hall–Kier alpha value is -1.42. The average Bonchev–Trinajstić information content (AvgIpc) is 2.41. The van der Waals surface area contributed by atoms with E-state index in [2.05, 4.69) is 24.1 Å². The fourth-order valence-electron chi connectivity index (χ4n) is 1.95. The molecular formula is C15H23FN2O. The number of aryl methyl sites for hydroxylation is 1. The Morgan fingerprint density at radius 3 is 2.63 bits per heavy atom. The second kappa shape index (κ2) is 7.89. The quantitative estimate of drug-likeness (QED) is 0.769. The lowest BCUT2D eigenvalue weighted by Gasteiger charge is -2.17. The number of amides is 1. The molecule has 0 bridgehead atoms. The van der Waals surface area contributed by atoms with Crippen LogP contribution in [0.2, 0.25) is 0 Å². The molecule has 0 aliphatic heterocycles. The van der Waals surface area contributed by atoms with Gasteiger partial charge < -0.3 is 10.2 Å². The number of benzene rings is 1. The number of hydrogen-bond acceptors (Lipinski definition) is 2. The summed E-state index contributed by atoms with van der Waals surface area (Å²) in [6, 6.07) is 4.57. The van der Waals surface area contributed by atoms with Gasteiger partial charge in [-0.15, -0.1) is 0 Å². The van der Waals surface area contributed by atoms with Crippen LogP contribution in [0.4, 0.5) is 4.39 Å². The summed E-state index contributed by atoms with van der Waals surface area (Å²) in [5, 5.41) is 2.76. The highest BCUT2D eigenvalue weighted by atomic mass is 19.1. The summed E-state index contributed by atoms with van der Waals surface area (Å²) in [5.41, 5.74) is 1.01. The van der Waals surface area contributed by atoms with Crippen LogP contribution in [0.25, 0.3) is 0 Å². The van der Waals surface area contributed by atoms with Gasteiger partial charge in [0.2, 0.25) is 0 Å². The zero-order chi connectivity index (χ0) is 14.3. The molecule has 1 rings (SSSR count). The Labute approximate surface area is 114 Å². The summed E-state index contributed by atoms with van der Waals surface area (Å²) in [5.74, 6) is -0.799. The summed E-state index contributed by atoms with van der Waals surface area (Å²) in [6.45, 7) is 9.62. The number of carbonyl (C=O) groups is 1. The number of carbonyl (C=O) groups excluding carboxylic acids is 1. The first-order valence-corrected chi connectivity index (χ1v) is 6.85. The molecule has 0 fully saturated rings. The Morgan fingerprint density at radius 1 is 1.32 bits per heavy atom. The molecule has 0 saturated heterocycles. The van der Waals surface area contributed by atoms with Crippen molar-refractivity contribution in [3.8, 4) is 0 Å². The third kappa shape index (κ3) is 4.99. The Morgan fingerprint density at radius 2 is 2.00 bits per heavy atom. The molecule has 19 heavy (non-hydrogen) atoms. The van der Waals surface area contributed by atoms with E-state index in [1.54, 1.807) is 12.1 Å². The maximum Gasteiger partial charge on any atom is 0.254 e. The van der Waals surface area contributed by atoms with Gasteiger partial charge in [-0.1, -0.05) is 25.5 Å². The first kappa shape index (κ1) is 15.6. The highest BCUT2D eigenvalue weighted by molar-refractivity contribution is 5.94. The molecule has 1 N–H and O–H groups in total. The van der Waals surface area contributed by atoms with Gasteiger partial charge in [0.1, 0.15) is 5.82 Å². The first-order valence-electron chi connectivity index (χ1n) is 6.85. The second-order valence-electron chi connectivity index (χ2n) is 4.62. The minimum Gasteiger partial charge on any atom is -0.352 e. The van der Waals surface area contributed by atoms with Crippen LogP contribution in [0.5, 0.6) is 0 Å². The molecule has 106 valence electrons. The van der Waals surface area contributed by atoms with Gasteiger partial charge in [0.15, 0.2) is 0 Å². The zero-order valence-corrected chi connectivity index (χ0v) is 12.0. The molecule has 0 aliphatic rings. The van der Waals surface area contributed by atoms with E-state index >= 15 is 0 Å². The van der Waals surface area contributed by atoms with Crippen LogP contribution in [-0.4, -0.2) is 37.0 Å². The Bertz CT molecular complexity index is 417. The molecule has 0 aliphatic carbocycles. The number of nitrogens with one attached hydrogen (secondary N) is 1. The van der Waals surface area contributed by atoms with E-state index in [0.717, 1.165) is 31.6 Å². The topological polar surface area (TPSA) is 32.3 Å². The van der Waals surface area contributed by atoms with Crippen molar-refractivity contribution < 1.29 is 9.18 Å². The highest BCUT2D eigenvalue weighted by Crippen LogP contribution is 2.09. The van der Waals surface area contributed by atoms with Crippen LogP contribution in [0.15, 0.2) is 18.2 Å². The normalized spacial score (nSPS) is 10.8. The third-order valence-corrected chi connectivity index (χ3v) is 3.20. The molecule has 1 aromatic carbocycles. The summed E-state index contributed by atoms with van der Waals surface area (Å²) >= 11 is 0. The van der Waals surface area contributed by atoms with Gasteiger partial charge in [0.05, 0.1) is 5.56 Å². The second-order valence-corrected chi connectivity index (χ2v) is 4.62. The maximum atomic E-state index is 13.5. The monoisotopic (exact) mass is 266 g/mol. The molecule has 1 aromatic rings. The molecule has 0 unspecified atom stereocenters. The Kier molecular flexibility index (Phi) is 6.50. The van der Waals surface area contributed by atoms with Crippen molar-refractivity contribution in [1.82, 2.24) is 10.2 Å². The molecule has 4 heteroatoms. The van der Waals surface area contributed by atoms with Crippen LogP contribution in [-0.2, 0) is 0 Å². The van der Waals surface area contributed by atoms with Gasteiger partial charge in [0, 0.05) is 6.54 Å². The molecule has 0 spiro atoms. The van der Waals surface area contributed by atoms with Crippen molar-refractivity contribution in [2.75, 3.05) is 26.2 Å². The number of halogens is 1. The van der Waals surface area contributed by atoms with Crippen LogP contribution in [0.3, 0.4) is 0 Å². The van der Waals surface area contributed by atoms with Gasteiger partial charge in [-0.25, -0.2) is 4.39 Å². The van der Waals surface area contributed by atoms with E-state index in [0.29, 0.717) is 6.54 Å². The summed E-state index contributed by atoms with van der Waals surface area (Å²) in [7, 11) is 0. The van der Waals surface area contributed by atoms with Crippen molar-refractivity contribution in [2.24, 2.45) is 0 Å². The van der Waals surface area contributed by atoms with Crippen molar-refractivity contribution >= 4 is 5.91 Å². The fraction of sp³-hybridized carbons (Fsp3) is 0.533. The van der Waals surface area contributed by atoms with E-state index in [-0.39, 0.29) is 11.5 Å². The highest BCUT2D eigenvalue weighted by Gasteiger charge is 2.11. The third-order valence-electron chi connectivity index (χ3n) is 3.20. The minimum absolute atomic E-state index is 0.128. The van der Waals surface area contributed by atoms with Gasteiger partial charge >= 0.3 is 0 Å². The number of rotatable bonds is 7. The molecule has 3 nitrogen and oxygen atoms in total. The first-order chi connectivity index (χ1) is 9.08. The predicted octanol–water partition coefficient (Wildman–Crippen LogP) is 2.60. The lowest BCUT2D eigenvalue weighted by Crippen LogP contribution is -2.30. The number of nitrogens with zero attached hydrogens (tertiary/aromatic N) is 1. The van der Waals surface area contributed by atoms with Crippen molar-refractivity contribution in [3.63, 3.8) is 0 Å². The molecule has 0 heterocycles. The predicted molar refractivity (Wildman–Crippen MR) is 75.9 cm³/mol. The standard InChI is InChI=1S/C15H23FN2O/c1-4-18(5-2)10-6-9-17-15(19)13-11-12(3)7-8-14(13)16/h7-8,11H,4-6,9-10H2,1-3H3,(H,17,19). The summed E-state index contributed by atoms with van der Waals surface area (Å²) < 4.78 is 13.5. The van der Waals surface area contributed by atoms with Crippen molar-refractivity contribution in [1.29, 1.82) is 0 Å². The molecule has 0 radical (unpaired) electrons. The van der Waals surface area contributed by atoms with E-state index in [1.165, 1.54) is 6.07 Å². The van der Waals surface area contributed by atoms with Gasteiger partial charge in [-0.3, -0.25) is 4.79 Å². The van der Waals surface area contributed by atoms with Crippen LogP contribution >= 0.6 is 0 Å². The lowest BCUT2D eigenvalue weighted by atomic mass is 10.1. The van der Waals surface area contributed by atoms with Crippen molar-refractivity contribution in [2.45, 2.75) is 27.2 Å². The Balaban J connectivity index is 2.41. The van der Waals surface area contributed by atoms with E-state index in [9.17, 15) is 9.18 Å². The largest absolute Gasteiger partial charge is 0.352 e. The van der Waals surface area contributed by atoms with E-state index < -0.39 is 5.82 Å². The van der Waals surface area contributed by atoms with Crippen molar-refractivity contribution in [3.05, 3.63) is 35.1 Å². The molecular weight excluding hydrogens is 243 g/mol. The molecule has 0 saturated carbocycles. The molecule has 1 amide bonds. The minimum atomic E-state index is -0.466. The summed E-state index contributed by atoms with van der Waals surface area (Å²) in [6.07, 6.45) is 0.876. The van der Waals surface area contributed by atoms with Crippen LogP contribution in [0, 0.1) is 12.7 Å². The van der Waals surface area contributed by atoms with Gasteiger partial charge in [-0.2, -0.15) is 0 Å². The number of hydrogen-bond donors (Lipinski definition) is 1. The van der Waals surface area contributed by atoms with Gasteiger partial charge in [0.25, 0.3) is 5.91 Å². The summed E-state index contributed by atoms with van der Waals surface area (Å²) in [4.78, 5) is 14.1. The van der Waals surface area contributed by atoms with E-state index in [4.69, 9.17) is 0 Å².